The molecular weight excluding hydrogens is 290 g/mol. The number of benzene rings is 2. The molecule has 0 aliphatic carbocycles. The molecule has 7 heteroatoms. The maximum absolute atomic E-state index is 13.3. The number of halogens is 2. The topological polar surface area (TPSA) is 85.7 Å². The molecule has 2 aromatic carbocycles. The van der Waals surface area contributed by atoms with Gasteiger partial charge in [0.05, 0.1) is 0 Å². The molecule has 0 amide bonds. The molecule has 22 heavy (non-hydrogen) atoms. The average Bonchev–Trinajstić information content (AvgIpc) is 2.92. The molecule has 0 aromatic heterocycles. The number of nitrogens with two attached hydrogens (primary N) is 2. The van der Waals surface area contributed by atoms with Crippen LogP contribution in [0.5, 0.6) is 5.75 Å². The molecule has 1 atom stereocenters. The summed E-state index contributed by atoms with van der Waals surface area (Å²) in [7, 11) is 0. The fourth-order valence-corrected chi connectivity index (χ4v) is 2.50. The summed E-state index contributed by atoms with van der Waals surface area (Å²) in [5, 5.41) is 3.55. The standard InChI is InChI=1S/C15H14F2N4O/c16-11-5-10-6-13(22-14(10)7-12(11)17)8-2-1-3-9(4-8)15(20-18)21-19/h1-5,7,13H,6,18-19H2,(H,20,21). The van der Waals surface area contributed by atoms with Gasteiger partial charge in [0.2, 0.25) is 0 Å². The van der Waals surface area contributed by atoms with Gasteiger partial charge >= 0.3 is 0 Å². The van der Waals surface area contributed by atoms with Crippen LogP contribution in [0.2, 0.25) is 0 Å². The van der Waals surface area contributed by atoms with Gasteiger partial charge in [-0.2, -0.15) is 5.10 Å². The van der Waals surface area contributed by atoms with E-state index in [0.29, 0.717) is 29.1 Å². The van der Waals surface area contributed by atoms with Gasteiger partial charge in [0.15, 0.2) is 17.5 Å². The van der Waals surface area contributed by atoms with Gasteiger partial charge in [0.1, 0.15) is 11.9 Å². The molecule has 5 N–H and O–H groups in total. The Bertz CT molecular complexity index is 717. The van der Waals surface area contributed by atoms with Crippen LogP contribution >= 0.6 is 0 Å². The highest BCUT2D eigenvalue weighted by atomic mass is 19.2. The lowest BCUT2D eigenvalue weighted by atomic mass is 10.0. The summed E-state index contributed by atoms with van der Waals surface area (Å²) in [5.74, 6) is 9.49. The van der Waals surface area contributed by atoms with E-state index in [9.17, 15) is 8.78 Å². The average molecular weight is 304 g/mol. The molecule has 2 aromatic rings. The highest BCUT2D eigenvalue weighted by molar-refractivity contribution is 5.98. The van der Waals surface area contributed by atoms with Crippen molar-refractivity contribution in [3.63, 3.8) is 0 Å². The first-order chi connectivity index (χ1) is 10.6. The molecule has 1 heterocycles. The summed E-state index contributed by atoms with van der Waals surface area (Å²) in [5.41, 5.74) is 4.57. The van der Waals surface area contributed by atoms with Gasteiger partial charge in [0.25, 0.3) is 0 Å². The molecule has 1 aliphatic rings. The molecule has 114 valence electrons. The maximum Gasteiger partial charge on any atom is 0.166 e. The van der Waals surface area contributed by atoms with Crippen LogP contribution in [0.3, 0.4) is 0 Å². The quantitative estimate of drug-likeness (QED) is 0.341. The van der Waals surface area contributed by atoms with E-state index in [1.54, 1.807) is 12.1 Å². The van der Waals surface area contributed by atoms with E-state index < -0.39 is 11.6 Å². The summed E-state index contributed by atoms with van der Waals surface area (Å²) in [6, 6.07) is 9.51. The zero-order valence-electron chi connectivity index (χ0n) is 11.5. The Hall–Kier alpha value is -2.67. The van der Waals surface area contributed by atoms with Crippen molar-refractivity contribution < 1.29 is 13.5 Å². The predicted octanol–water partition coefficient (Wildman–Crippen LogP) is 1.72. The summed E-state index contributed by atoms with van der Waals surface area (Å²) in [4.78, 5) is 0. The van der Waals surface area contributed by atoms with Crippen LogP contribution in [-0.2, 0) is 6.42 Å². The molecule has 1 unspecified atom stereocenters. The smallest absolute Gasteiger partial charge is 0.166 e. The van der Waals surface area contributed by atoms with E-state index in [-0.39, 0.29) is 6.10 Å². The summed E-state index contributed by atoms with van der Waals surface area (Å²) < 4.78 is 32.2. The van der Waals surface area contributed by atoms with E-state index in [1.807, 2.05) is 12.1 Å². The van der Waals surface area contributed by atoms with E-state index in [1.165, 1.54) is 6.07 Å². The first-order valence-corrected chi connectivity index (χ1v) is 6.61. The molecule has 5 nitrogen and oxygen atoms in total. The Kier molecular flexibility index (Phi) is 3.64. The summed E-state index contributed by atoms with van der Waals surface area (Å²) in [6.07, 6.45) is 0.133. The third-order valence-electron chi connectivity index (χ3n) is 3.58. The second-order valence-electron chi connectivity index (χ2n) is 4.93. The Morgan fingerprint density at radius 2 is 2.00 bits per heavy atom. The minimum Gasteiger partial charge on any atom is -0.485 e. The number of hydrazone groups is 1. The molecule has 0 spiro atoms. The third-order valence-corrected chi connectivity index (χ3v) is 3.58. The van der Waals surface area contributed by atoms with Crippen molar-refractivity contribution in [1.82, 2.24) is 5.43 Å². The van der Waals surface area contributed by atoms with E-state index >= 15 is 0 Å². The van der Waals surface area contributed by atoms with Crippen molar-refractivity contribution in [3.05, 3.63) is 64.7 Å². The third kappa shape index (κ3) is 2.46. The van der Waals surface area contributed by atoms with Gasteiger partial charge in [-0.15, -0.1) is 0 Å². The van der Waals surface area contributed by atoms with Crippen molar-refractivity contribution in [2.24, 2.45) is 16.8 Å². The Labute approximate surface area is 125 Å². The van der Waals surface area contributed by atoms with Gasteiger partial charge in [-0.05, 0) is 17.7 Å². The number of nitrogens with zero attached hydrogens (tertiary/aromatic N) is 1. The van der Waals surface area contributed by atoms with Crippen LogP contribution in [0.1, 0.15) is 22.8 Å². The number of ether oxygens (including phenoxy) is 1. The number of fused-ring (bicyclic) bond motifs is 1. The van der Waals surface area contributed by atoms with Crippen LogP contribution in [0.4, 0.5) is 8.78 Å². The molecule has 0 saturated carbocycles. The monoisotopic (exact) mass is 304 g/mol. The minimum atomic E-state index is -0.918. The zero-order valence-corrected chi connectivity index (χ0v) is 11.5. The van der Waals surface area contributed by atoms with Gasteiger partial charge in [-0.1, -0.05) is 18.2 Å². The second kappa shape index (κ2) is 5.61. The first kappa shape index (κ1) is 14.3. The van der Waals surface area contributed by atoms with Crippen LogP contribution < -0.4 is 21.8 Å². The van der Waals surface area contributed by atoms with Gasteiger partial charge in [-0.25, -0.2) is 14.6 Å². The van der Waals surface area contributed by atoms with Gasteiger partial charge < -0.3 is 16.0 Å². The summed E-state index contributed by atoms with van der Waals surface area (Å²) in [6.45, 7) is 0. The fraction of sp³-hybridized carbons (Fsp3) is 0.133. The number of hydrogen-bond acceptors (Lipinski definition) is 4. The maximum atomic E-state index is 13.3. The number of hydrazine groups is 1. The SMILES string of the molecule is N/N=C(\NN)c1cccc(C2Cc3cc(F)c(F)cc3O2)c1. The number of rotatable bonds is 2. The highest BCUT2D eigenvalue weighted by Gasteiger charge is 2.26. The Morgan fingerprint density at radius 1 is 1.23 bits per heavy atom. The van der Waals surface area contributed by atoms with Crippen molar-refractivity contribution in [1.29, 1.82) is 0 Å². The molecular formula is C15H14F2N4O. The lowest BCUT2D eigenvalue weighted by Crippen LogP contribution is -2.32. The van der Waals surface area contributed by atoms with Gasteiger partial charge in [0, 0.05) is 23.6 Å². The molecule has 0 fully saturated rings. The highest BCUT2D eigenvalue weighted by Crippen LogP contribution is 2.37. The Morgan fingerprint density at radius 3 is 2.73 bits per heavy atom. The van der Waals surface area contributed by atoms with Crippen molar-refractivity contribution in [2.75, 3.05) is 0 Å². The Balaban J connectivity index is 1.90. The van der Waals surface area contributed by atoms with Gasteiger partial charge in [-0.3, -0.25) is 0 Å². The normalized spacial score (nSPS) is 17.0. The van der Waals surface area contributed by atoms with Crippen LogP contribution in [0.25, 0.3) is 0 Å². The molecule has 0 bridgehead atoms. The predicted molar refractivity (Wildman–Crippen MR) is 77.9 cm³/mol. The van der Waals surface area contributed by atoms with E-state index in [4.69, 9.17) is 16.4 Å². The second-order valence-corrected chi connectivity index (χ2v) is 4.93. The fourth-order valence-electron chi connectivity index (χ4n) is 2.50. The van der Waals surface area contributed by atoms with Crippen LogP contribution in [0.15, 0.2) is 41.5 Å². The van der Waals surface area contributed by atoms with E-state index in [0.717, 1.165) is 11.6 Å². The molecule has 0 radical (unpaired) electrons. The van der Waals surface area contributed by atoms with Crippen LogP contribution in [0, 0.1) is 11.6 Å². The molecule has 3 rings (SSSR count). The van der Waals surface area contributed by atoms with Crippen molar-refractivity contribution in [3.8, 4) is 5.75 Å². The lowest BCUT2D eigenvalue weighted by molar-refractivity contribution is 0.238. The summed E-state index contributed by atoms with van der Waals surface area (Å²) >= 11 is 0. The number of hydrogen-bond donors (Lipinski definition) is 3. The largest absolute Gasteiger partial charge is 0.485 e. The zero-order chi connectivity index (χ0) is 15.7. The molecule has 0 saturated heterocycles. The minimum absolute atomic E-state index is 0.326. The first-order valence-electron chi connectivity index (χ1n) is 6.61. The van der Waals surface area contributed by atoms with E-state index in [2.05, 4.69) is 10.5 Å². The van der Waals surface area contributed by atoms with Crippen molar-refractivity contribution >= 4 is 5.84 Å². The van der Waals surface area contributed by atoms with Crippen molar-refractivity contribution in [2.45, 2.75) is 12.5 Å². The molecule has 1 aliphatic heterocycles. The van der Waals surface area contributed by atoms with Crippen LogP contribution in [-0.4, -0.2) is 5.84 Å². The number of amidine groups is 1. The lowest BCUT2D eigenvalue weighted by Gasteiger charge is -2.13. The number of nitrogens with one attached hydrogen (secondary N) is 1.